The number of hydrogen-bond donors (Lipinski definition) is 0. The highest BCUT2D eigenvalue weighted by molar-refractivity contribution is 8.26. The third-order valence-corrected chi connectivity index (χ3v) is 4.78. The topological polar surface area (TPSA) is 68.2 Å². The van der Waals surface area contributed by atoms with Crippen molar-refractivity contribution < 1.29 is 19.1 Å². The Morgan fingerprint density at radius 3 is 2.71 bits per heavy atom. The minimum absolute atomic E-state index is 0.0187. The van der Waals surface area contributed by atoms with E-state index in [0.717, 1.165) is 23.1 Å². The van der Waals surface area contributed by atoms with Gasteiger partial charge in [0.25, 0.3) is 0 Å². The van der Waals surface area contributed by atoms with Crippen molar-refractivity contribution in [2.75, 3.05) is 20.3 Å². The van der Waals surface area contributed by atoms with E-state index in [-0.39, 0.29) is 24.3 Å². The van der Waals surface area contributed by atoms with Crippen molar-refractivity contribution in [1.82, 2.24) is 4.90 Å². The summed E-state index contributed by atoms with van der Waals surface area (Å²) in [5.74, 6) is 0.330. The predicted molar refractivity (Wildman–Crippen MR) is 91.8 cm³/mol. The Morgan fingerprint density at radius 1 is 1.38 bits per heavy atom. The molecule has 3 rings (SSSR count). The number of hydrogen-bond acceptors (Lipinski definition) is 7. The number of aliphatic imine (C=N–C) groups is 1. The second-order valence-electron chi connectivity index (χ2n) is 5.39. The summed E-state index contributed by atoms with van der Waals surface area (Å²) in [4.78, 5) is 30.7. The Kier molecular flexibility index (Phi) is 4.62. The lowest BCUT2D eigenvalue weighted by Crippen LogP contribution is -2.37. The van der Waals surface area contributed by atoms with Gasteiger partial charge >= 0.3 is 5.97 Å². The Morgan fingerprint density at radius 2 is 2.08 bits per heavy atom. The molecule has 7 heteroatoms. The molecular weight excluding hydrogens is 328 g/mol. The van der Waals surface area contributed by atoms with Crippen molar-refractivity contribution in [2.24, 2.45) is 4.99 Å². The van der Waals surface area contributed by atoms with E-state index in [4.69, 9.17) is 9.47 Å². The van der Waals surface area contributed by atoms with Crippen molar-refractivity contribution in [3.8, 4) is 5.75 Å². The maximum Gasteiger partial charge on any atom is 0.338 e. The minimum Gasteiger partial charge on any atom is -0.497 e. The van der Waals surface area contributed by atoms with Gasteiger partial charge in [-0.1, -0.05) is 12.1 Å². The smallest absolute Gasteiger partial charge is 0.338 e. The van der Waals surface area contributed by atoms with Crippen LogP contribution in [0.25, 0.3) is 0 Å². The number of rotatable bonds is 4. The van der Waals surface area contributed by atoms with Crippen LogP contribution in [-0.2, 0) is 14.3 Å². The molecule has 0 aliphatic carbocycles. The molecule has 1 unspecified atom stereocenters. The largest absolute Gasteiger partial charge is 0.497 e. The quantitative estimate of drug-likeness (QED) is 0.781. The molecule has 0 saturated carbocycles. The number of thioether (sulfide) groups is 1. The average Bonchev–Trinajstić information content (AvgIpc) is 2.93. The normalized spacial score (nSPS) is 20.0. The van der Waals surface area contributed by atoms with E-state index >= 15 is 0 Å². The lowest BCUT2D eigenvalue weighted by atomic mass is 9.94. The van der Waals surface area contributed by atoms with E-state index in [1.165, 1.54) is 0 Å². The second kappa shape index (κ2) is 6.68. The van der Waals surface area contributed by atoms with Crippen LogP contribution >= 0.6 is 11.8 Å². The highest BCUT2D eigenvalue weighted by Crippen LogP contribution is 2.41. The summed E-state index contributed by atoms with van der Waals surface area (Å²) < 4.78 is 10.4. The van der Waals surface area contributed by atoms with E-state index in [1.807, 2.05) is 29.2 Å². The van der Waals surface area contributed by atoms with Crippen LogP contribution in [0.1, 0.15) is 25.5 Å². The fraction of sp³-hybridized carbons (Fsp3) is 0.353. The highest BCUT2D eigenvalue weighted by Gasteiger charge is 2.41. The predicted octanol–water partition coefficient (Wildman–Crippen LogP) is 2.52. The Labute approximate surface area is 144 Å². The summed E-state index contributed by atoms with van der Waals surface area (Å²) in [5, 5.41) is 0.650. The molecule has 2 aliphatic rings. The van der Waals surface area contributed by atoms with Gasteiger partial charge in [-0.25, -0.2) is 9.79 Å². The van der Waals surface area contributed by atoms with Crippen molar-refractivity contribution in [1.29, 1.82) is 0 Å². The zero-order valence-corrected chi connectivity index (χ0v) is 14.6. The molecule has 0 radical (unpaired) electrons. The summed E-state index contributed by atoms with van der Waals surface area (Å²) in [6.45, 7) is 4.05. The van der Waals surface area contributed by atoms with Crippen molar-refractivity contribution in [3.05, 3.63) is 41.1 Å². The van der Waals surface area contributed by atoms with Crippen LogP contribution in [-0.4, -0.2) is 41.4 Å². The fourth-order valence-electron chi connectivity index (χ4n) is 2.85. The summed E-state index contributed by atoms with van der Waals surface area (Å²) in [7, 11) is 1.60. The molecule has 0 bridgehead atoms. The first kappa shape index (κ1) is 16.6. The zero-order valence-electron chi connectivity index (χ0n) is 13.7. The molecule has 2 heterocycles. The van der Waals surface area contributed by atoms with Crippen LogP contribution in [0.4, 0.5) is 0 Å². The molecule has 126 valence electrons. The van der Waals surface area contributed by atoms with E-state index in [2.05, 4.69) is 4.99 Å². The third kappa shape index (κ3) is 2.91. The van der Waals surface area contributed by atoms with Crippen molar-refractivity contribution in [2.45, 2.75) is 19.9 Å². The van der Waals surface area contributed by atoms with Crippen molar-refractivity contribution in [3.63, 3.8) is 0 Å². The highest BCUT2D eigenvalue weighted by atomic mass is 32.2. The van der Waals surface area contributed by atoms with Gasteiger partial charge in [0.15, 0.2) is 5.17 Å². The van der Waals surface area contributed by atoms with E-state index in [1.54, 1.807) is 21.0 Å². The molecule has 0 N–H and O–H groups in total. The Hall–Kier alpha value is -2.28. The molecule has 6 nitrogen and oxygen atoms in total. The SMILES string of the molecule is CCOC(=O)C1=C(C)N=C2SC(=O)CN2C1c1ccc(OC)cc1. The number of benzene rings is 1. The molecule has 0 spiro atoms. The minimum atomic E-state index is -0.400. The average molecular weight is 346 g/mol. The van der Waals surface area contributed by atoms with Crippen LogP contribution in [0.15, 0.2) is 40.5 Å². The molecule has 1 atom stereocenters. The number of esters is 1. The number of carbonyl (C=O) groups excluding carboxylic acids is 2. The third-order valence-electron chi connectivity index (χ3n) is 3.92. The van der Waals surface area contributed by atoms with Gasteiger partial charge in [-0.15, -0.1) is 0 Å². The molecule has 0 amide bonds. The first-order valence-corrected chi connectivity index (χ1v) is 8.44. The van der Waals surface area contributed by atoms with Crippen molar-refractivity contribution >= 4 is 28.0 Å². The molecule has 2 aliphatic heterocycles. The Balaban J connectivity index is 2.07. The van der Waals surface area contributed by atoms with Crippen LogP contribution in [0, 0.1) is 0 Å². The first-order chi connectivity index (χ1) is 11.5. The van der Waals surface area contributed by atoms with Gasteiger partial charge in [0, 0.05) is 0 Å². The van der Waals surface area contributed by atoms with Gasteiger partial charge < -0.3 is 14.4 Å². The standard InChI is InChI=1S/C17H18N2O4S/c1-4-23-16(21)14-10(2)18-17-19(9-13(20)24-17)15(14)11-5-7-12(22-3)8-6-11/h5-8,15H,4,9H2,1-3H3. The number of nitrogens with zero attached hydrogens (tertiary/aromatic N) is 2. The summed E-state index contributed by atoms with van der Waals surface area (Å²) in [6, 6.07) is 7.08. The van der Waals surface area contributed by atoms with Crippen LogP contribution in [0.3, 0.4) is 0 Å². The number of carbonyl (C=O) groups is 2. The van der Waals surface area contributed by atoms with Gasteiger partial charge in [-0.3, -0.25) is 4.79 Å². The van der Waals surface area contributed by atoms with Gasteiger partial charge in [0.1, 0.15) is 5.75 Å². The molecule has 1 aromatic carbocycles. The second-order valence-corrected chi connectivity index (χ2v) is 6.42. The maximum absolute atomic E-state index is 12.5. The summed E-state index contributed by atoms with van der Waals surface area (Å²) >= 11 is 1.11. The van der Waals surface area contributed by atoms with Gasteiger partial charge in [0.05, 0.1) is 37.6 Å². The van der Waals surface area contributed by atoms with E-state index in [0.29, 0.717) is 16.4 Å². The number of amidine groups is 1. The number of fused-ring (bicyclic) bond motifs is 1. The lowest BCUT2D eigenvalue weighted by molar-refractivity contribution is -0.139. The molecule has 0 aromatic heterocycles. The first-order valence-electron chi connectivity index (χ1n) is 7.63. The number of methoxy groups -OCH3 is 1. The lowest BCUT2D eigenvalue weighted by Gasteiger charge is -2.33. The molecule has 24 heavy (non-hydrogen) atoms. The van der Waals surface area contributed by atoms with Gasteiger partial charge in [0.2, 0.25) is 5.12 Å². The molecule has 1 fully saturated rings. The maximum atomic E-state index is 12.5. The van der Waals surface area contributed by atoms with Crippen LogP contribution in [0.5, 0.6) is 5.75 Å². The number of allylic oxidation sites excluding steroid dienone is 1. The molecule has 1 aromatic rings. The zero-order chi connectivity index (χ0) is 17.3. The van der Waals surface area contributed by atoms with Gasteiger partial charge in [-0.05, 0) is 43.3 Å². The fourth-order valence-corrected chi connectivity index (χ4v) is 3.72. The summed E-state index contributed by atoms with van der Waals surface area (Å²) in [6.07, 6.45) is 0. The van der Waals surface area contributed by atoms with E-state index in [9.17, 15) is 9.59 Å². The van der Waals surface area contributed by atoms with Crippen LogP contribution in [0.2, 0.25) is 0 Å². The summed E-state index contributed by atoms with van der Waals surface area (Å²) in [5.41, 5.74) is 1.95. The van der Waals surface area contributed by atoms with Crippen LogP contribution < -0.4 is 4.74 Å². The van der Waals surface area contributed by atoms with Gasteiger partial charge in [-0.2, -0.15) is 0 Å². The monoisotopic (exact) mass is 346 g/mol. The Bertz CT molecular complexity index is 739. The molecular formula is C17H18N2O4S. The number of ether oxygens (including phenoxy) is 2. The molecule has 1 saturated heterocycles. The van der Waals surface area contributed by atoms with E-state index < -0.39 is 5.97 Å².